The van der Waals surface area contributed by atoms with Gasteiger partial charge in [0.2, 0.25) is 0 Å². The second-order valence-electron chi connectivity index (χ2n) is 2.17. The molecule has 0 saturated heterocycles. The fourth-order valence-corrected chi connectivity index (χ4v) is 0.649. The van der Waals surface area contributed by atoms with E-state index in [9.17, 15) is 0 Å². The van der Waals surface area contributed by atoms with Crippen molar-refractivity contribution in [2.75, 3.05) is 19.7 Å². The molecule has 0 aromatic rings. The number of nitrogens with zero attached hydrogens (tertiary/aromatic N) is 1. The average Bonchev–Trinajstić information content (AvgIpc) is 2.04. The lowest BCUT2D eigenvalue weighted by Crippen LogP contribution is -2.21. The van der Waals surface area contributed by atoms with Crippen LogP contribution in [0.25, 0.3) is 0 Å². The fourth-order valence-electron chi connectivity index (χ4n) is 0.649. The van der Waals surface area contributed by atoms with Gasteiger partial charge in [-0.1, -0.05) is 5.16 Å². The molecule has 0 aliphatic heterocycles. The molecule has 0 saturated carbocycles. The lowest BCUT2D eigenvalue weighted by molar-refractivity contribution is 0.292. The molecule has 0 rings (SSSR count). The maximum absolute atomic E-state index is 8.37. The van der Waals surface area contributed by atoms with Crippen LogP contribution in [-0.4, -0.2) is 35.8 Å². The van der Waals surface area contributed by atoms with Gasteiger partial charge in [-0.15, -0.1) is 0 Å². The Balaban J connectivity index is 3.02. The Kier molecular flexibility index (Phi) is 6.76. The van der Waals surface area contributed by atoms with Crippen LogP contribution in [-0.2, 0) is 0 Å². The van der Waals surface area contributed by atoms with Gasteiger partial charge in [0.05, 0.1) is 6.61 Å². The Morgan fingerprint density at radius 2 is 2.18 bits per heavy atom. The second-order valence-corrected chi connectivity index (χ2v) is 2.17. The summed E-state index contributed by atoms with van der Waals surface area (Å²) in [6.07, 6.45) is 1.39. The van der Waals surface area contributed by atoms with Crippen LogP contribution in [0.15, 0.2) is 5.16 Å². The van der Waals surface area contributed by atoms with Crippen molar-refractivity contribution in [2.45, 2.75) is 12.8 Å². The Morgan fingerprint density at radius 3 is 2.73 bits per heavy atom. The number of aliphatic hydroxyl groups excluding tert-OH is 1. The standard InChI is InChI=1S/C6H15N3O2/c7-6(9-11)2-1-3-8-4-5-10/h8,10-11H,1-5H2,(H2,7,9). The van der Waals surface area contributed by atoms with E-state index in [4.69, 9.17) is 16.0 Å². The average molecular weight is 161 g/mol. The number of rotatable bonds is 6. The zero-order valence-corrected chi connectivity index (χ0v) is 6.45. The Bertz CT molecular complexity index is 116. The highest BCUT2D eigenvalue weighted by molar-refractivity contribution is 5.79. The van der Waals surface area contributed by atoms with Crippen molar-refractivity contribution in [3.05, 3.63) is 0 Å². The van der Waals surface area contributed by atoms with Crippen LogP contribution >= 0.6 is 0 Å². The summed E-state index contributed by atoms with van der Waals surface area (Å²) in [5.74, 6) is 0.246. The Labute approximate surface area is 65.9 Å². The summed E-state index contributed by atoms with van der Waals surface area (Å²) in [6, 6.07) is 0. The maximum Gasteiger partial charge on any atom is 0.139 e. The molecule has 0 spiro atoms. The van der Waals surface area contributed by atoms with E-state index in [2.05, 4.69) is 10.5 Å². The molecule has 5 N–H and O–H groups in total. The van der Waals surface area contributed by atoms with Gasteiger partial charge in [-0.25, -0.2) is 0 Å². The third kappa shape index (κ3) is 7.08. The summed E-state index contributed by atoms with van der Waals surface area (Å²) >= 11 is 0. The molecule has 0 fully saturated rings. The zero-order chi connectivity index (χ0) is 8.53. The summed E-state index contributed by atoms with van der Waals surface area (Å²) in [5.41, 5.74) is 5.21. The highest BCUT2D eigenvalue weighted by atomic mass is 16.4. The van der Waals surface area contributed by atoms with Crippen LogP contribution in [0.3, 0.4) is 0 Å². The molecule has 0 heterocycles. The molecular weight excluding hydrogens is 146 g/mol. The van der Waals surface area contributed by atoms with Crippen LogP contribution < -0.4 is 11.1 Å². The van der Waals surface area contributed by atoms with E-state index in [1.807, 2.05) is 0 Å². The molecule has 0 unspecified atom stereocenters. The molecular formula is C6H15N3O2. The van der Waals surface area contributed by atoms with Crippen LogP contribution in [0.4, 0.5) is 0 Å². The van der Waals surface area contributed by atoms with Crippen molar-refractivity contribution < 1.29 is 10.3 Å². The number of oxime groups is 1. The van der Waals surface area contributed by atoms with Crippen LogP contribution in [0.1, 0.15) is 12.8 Å². The third-order valence-electron chi connectivity index (χ3n) is 1.20. The van der Waals surface area contributed by atoms with Gasteiger partial charge in [0.25, 0.3) is 0 Å². The molecule has 0 aliphatic carbocycles. The van der Waals surface area contributed by atoms with Gasteiger partial charge >= 0.3 is 0 Å². The van der Waals surface area contributed by atoms with E-state index < -0.39 is 0 Å². The third-order valence-corrected chi connectivity index (χ3v) is 1.20. The molecule has 0 aliphatic rings. The van der Waals surface area contributed by atoms with Gasteiger partial charge in [-0.05, 0) is 13.0 Å². The number of nitrogens with one attached hydrogen (secondary N) is 1. The van der Waals surface area contributed by atoms with E-state index in [1.54, 1.807) is 0 Å². The highest BCUT2D eigenvalue weighted by Crippen LogP contribution is 1.85. The fraction of sp³-hybridized carbons (Fsp3) is 0.833. The summed E-state index contributed by atoms with van der Waals surface area (Å²) in [4.78, 5) is 0. The van der Waals surface area contributed by atoms with E-state index >= 15 is 0 Å². The monoisotopic (exact) mass is 161 g/mol. The van der Waals surface area contributed by atoms with Crippen molar-refractivity contribution >= 4 is 5.84 Å². The number of hydrogen-bond donors (Lipinski definition) is 4. The summed E-state index contributed by atoms with van der Waals surface area (Å²) in [7, 11) is 0. The summed E-state index contributed by atoms with van der Waals surface area (Å²) in [5, 5.41) is 22.3. The van der Waals surface area contributed by atoms with Crippen LogP contribution in [0.2, 0.25) is 0 Å². The lowest BCUT2D eigenvalue weighted by atomic mass is 10.3. The Morgan fingerprint density at radius 1 is 1.45 bits per heavy atom. The molecule has 0 aromatic heterocycles. The molecule has 5 heteroatoms. The predicted molar refractivity (Wildman–Crippen MR) is 42.6 cm³/mol. The Hall–Kier alpha value is -0.810. The molecule has 0 atom stereocenters. The number of hydrogen-bond acceptors (Lipinski definition) is 4. The minimum atomic E-state index is 0.142. The van der Waals surface area contributed by atoms with E-state index in [0.29, 0.717) is 13.0 Å². The smallest absolute Gasteiger partial charge is 0.139 e. The zero-order valence-electron chi connectivity index (χ0n) is 6.45. The van der Waals surface area contributed by atoms with E-state index in [0.717, 1.165) is 13.0 Å². The van der Waals surface area contributed by atoms with E-state index in [1.165, 1.54) is 0 Å². The molecule has 0 radical (unpaired) electrons. The molecule has 0 aromatic carbocycles. The van der Waals surface area contributed by atoms with Crippen molar-refractivity contribution in [3.8, 4) is 0 Å². The predicted octanol–water partition coefficient (Wildman–Crippen LogP) is -0.905. The molecule has 66 valence electrons. The minimum absolute atomic E-state index is 0.142. The summed E-state index contributed by atoms with van der Waals surface area (Å²) < 4.78 is 0. The van der Waals surface area contributed by atoms with Crippen LogP contribution in [0, 0.1) is 0 Å². The van der Waals surface area contributed by atoms with Gasteiger partial charge in [0, 0.05) is 13.0 Å². The normalized spacial score (nSPS) is 11.9. The quantitative estimate of drug-likeness (QED) is 0.133. The first-order chi connectivity index (χ1) is 5.31. The first kappa shape index (κ1) is 10.2. The topological polar surface area (TPSA) is 90.9 Å². The molecule has 0 bridgehead atoms. The van der Waals surface area contributed by atoms with Crippen LogP contribution in [0.5, 0.6) is 0 Å². The van der Waals surface area contributed by atoms with Crippen molar-refractivity contribution in [1.82, 2.24) is 5.32 Å². The highest BCUT2D eigenvalue weighted by Gasteiger charge is 1.91. The minimum Gasteiger partial charge on any atom is -0.409 e. The SMILES string of the molecule is NC(CCCNCCO)=NO. The van der Waals surface area contributed by atoms with Gasteiger partial charge in [0.1, 0.15) is 5.84 Å². The van der Waals surface area contributed by atoms with Crippen molar-refractivity contribution in [3.63, 3.8) is 0 Å². The number of nitrogens with two attached hydrogens (primary N) is 1. The number of aliphatic hydroxyl groups is 1. The lowest BCUT2D eigenvalue weighted by Gasteiger charge is -2.00. The first-order valence-electron chi connectivity index (χ1n) is 3.59. The molecule has 0 amide bonds. The summed E-state index contributed by atoms with van der Waals surface area (Å²) in [6.45, 7) is 1.51. The van der Waals surface area contributed by atoms with Gasteiger partial charge in [-0.3, -0.25) is 0 Å². The second kappa shape index (κ2) is 7.30. The van der Waals surface area contributed by atoms with E-state index in [-0.39, 0.29) is 12.4 Å². The molecule has 11 heavy (non-hydrogen) atoms. The van der Waals surface area contributed by atoms with Crippen molar-refractivity contribution in [1.29, 1.82) is 0 Å². The first-order valence-corrected chi connectivity index (χ1v) is 3.59. The van der Waals surface area contributed by atoms with Gasteiger partial charge < -0.3 is 21.4 Å². The maximum atomic E-state index is 8.37. The van der Waals surface area contributed by atoms with Gasteiger partial charge in [-0.2, -0.15) is 0 Å². The van der Waals surface area contributed by atoms with Gasteiger partial charge in [0.15, 0.2) is 0 Å². The van der Waals surface area contributed by atoms with Crippen molar-refractivity contribution in [2.24, 2.45) is 10.9 Å². The number of amidine groups is 1. The largest absolute Gasteiger partial charge is 0.409 e. The molecule has 5 nitrogen and oxygen atoms in total.